The fourth-order valence-electron chi connectivity index (χ4n) is 3.05. The normalized spacial score (nSPS) is 26.7. The van der Waals surface area contributed by atoms with Crippen LogP contribution in [0.25, 0.3) is 0 Å². The summed E-state index contributed by atoms with van der Waals surface area (Å²) < 4.78 is 0. The van der Waals surface area contributed by atoms with Crippen LogP contribution in [-0.4, -0.2) is 48.9 Å². The molecule has 0 aromatic carbocycles. The number of rotatable bonds is 3. The van der Waals surface area contributed by atoms with Crippen LogP contribution in [0.5, 0.6) is 0 Å². The molecular weight excluding hydrogens is 266 g/mol. The quantitative estimate of drug-likeness (QED) is 0.821. The van der Waals surface area contributed by atoms with Crippen LogP contribution < -0.4 is 10.6 Å². The monoisotopic (exact) mass is 295 g/mol. The number of hydrogen-bond acceptors (Lipinski definition) is 3. The van der Waals surface area contributed by atoms with Gasteiger partial charge in [0.25, 0.3) is 0 Å². The van der Waals surface area contributed by atoms with Crippen molar-refractivity contribution in [3.05, 3.63) is 0 Å². The zero-order chi connectivity index (χ0) is 15.5. The molecule has 2 heterocycles. The lowest BCUT2D eigenvalue weighted by Gasteiger charge is -2.34. The topological polar surface area (TPSA) is 61.4 Å². The molecule has 2 aliphatic rings. The minimum absolute atomic E-state index is 0.0212. The number of nitrogens with zero attached hydrogens (tertiary/aromatic N) is 1. The van der Waals surface area contributed by atoms with Crippen molar-refractivity contribution in [2.75, 3.05) is 26.2 Å². The van der Waals surface area contributed by atoms with Gasteiger partial charge in [-0.05, 0) is 38.1 Å². The summed E-state index contributed by atoms with van der Waals surface area (Å²) in [6.45, 7) is 9.04. The Balaban J connectivity index is 1.80. The highest BCUT2D eigenvalue weighted by Gasteiger charge is 2.31. The summed E-state index contributed by atoms with van der Waals surface area (Å²) in [5.41, 5.74) is -0.349. The van der Waals surface area contributed by atoms with Crippen molar-refractivity contribution in [2.45, 2.75) is 52.5 Å². The Labute approximate surface area is 127 Å². The predicted octanol–water partition coefficient (Wildman–Crippen LogP) is 1.14. The predicted molar refractivity (Wildman–Crippen MR) is 82.8 cm³/mol. The molecule has 120 valence electrons. The van der Waals surface area contributed by atoms with Crippen LogP contribution in [0.3, 0.4) is 0 Å². The maximum Gasteiger partial charge on any atom is 0.239 e. The smallest absolute Gasteiger partial charge is 0.239 e. The second kappa shape index (κ2) is 6.77. The minimum atomic E-state index is -0.349. The van der Waals surface area contributed by atoms with E-state index in [0.717, 1.165) is 45.3 Å². The molecule has 2 amide bonds. The molecule has 0 aliphatic carbocycles. The second-order valence-corrected chi connectivity index (χ2v) is 7.40. The Morgan fingerprint density at radius 1 is 1.24 bits per heavy atom. The van der Waals surface area contributed by atoms with Crippen LogP contribution in [0.4, 0.5) is 0 Å². The fraction of sp³-hybridized carbons (Fsp3) is 0.875. The zero-order valence-corrected chi connectivity index (χ0v) is 13.6. The maximum atomic E-state index is 12.4. The molecular formula is C16H29N3O2. The van der Waals surface area contributed by atoms with Gasteiger partial charge in [-0.3, -0.25) is 9.59 Å². The van der Waals surface area contributed by atoms with E-state index in [2.05, 4.69) is 10.6 Å². The van der Waals surface area contributed by atoms with Gasteiger partial charge in [0.2, 0.25) is 11.8 Å². The van der Waals surface area contributed by atoms with Gasteiger partial charge >= 0.3 is 0 Å². The van der Waals surface area contributed by atoms with Crippen molar-refractivity contribution in [3.8, 4) is 0 Å². The van der Waals surface area contributed by atoms with Crippen LogP contribution in [0, 0.1) is 11.3 Å². The van der Waals surface area contributed by atoms with Crippen molar-refractivity contribution >= 4 is 11.8 Å². The summed E-state index contributed by atoms with van der Waals surface area (Å²) in [4.78, 5) is 26.3. The third-order valence-corrected chi connectivity index (χ3v) is 4.42. The molecule has 0 saturated carbocycles. The Kier molecular flexibility index (Phi) is 5.25. The van der Waals surface area contributed by atoms with E-state index < -0.39 is 0 Å². The maximum absolute atomic E-state index is 12.4. The second-order valence-electron chi connectivity index (χ2n) is 7.40. The van der Waals surface area contributed by atoms with E-state index in [9.17, 15) is 9.59 Å². The summed E-state index contributed by atoms with van der Waals surface area (Å²) in [5, 5.41) is 6.31. The van der Waals surface area contributed by atoms with Gasteiger partial charge in [0.15, 0.2) is 0 Å². The summed E-state index contributed by atoms with van der Waals surface area (Å²) in [5.74, 6) is 0.721. The van der Waals surface area contributed by atoms with E-state index in [-0.39, 0.29) is 23.3 Å². The van der Waals surface area contributed by atoms with E-state index in [1.165, 1.54) is 0 Å². The molecule has 0 aromatic heterocycles. The van der Waals surface area contributed by atoms with Gasteiger partial charge in [-0.15, -0.1) is 0 Å². The Bertz CT molecular complexity index is 383. The van der Waals surface area contributed by atoms with Crippen LogP contribution in [-0.2, 0) is 9.59 Å². The first-order chi connectivity index (χ1) is 9.88. The third-order valence-electron chi connectivity index (χ3n) is 4.42. The van der Waals surface area contributed by atoms with Crippen molar-refractivity contribution in [1.82, 2.24) is 15.5 Å². The van der Waals surface area contributed by atoms with Gasteiger partial charge in [-0.2, -0.15) is 0 Å². The van der Waals surface area contributed by atoms with Crippen molar-refractivity contribution < 1.29 is 9.59 Å². The molecule has 2 fully saturated rings. The van der Waals surface area contributed by atoms with Gasteiger partial charge in [-0.1, -0.05) is 20.8 Å². The number of likely N-dealkylation sites (tertiary alicyclic amines) is 1. The molecule has 5 nitrogen and oxygen atoms in total. The molecule has 2 aliphatic heterocycles. The van der Waals surface area contributed by atoms with Gasteiger partial charge in [0, 0.05) is 25.0 Å². The SMILES string of the molecule is CC(C)(C)C(=O)NCC1CCCN(C(=O)C2CCCN2)C1. The Morgan fingerprint density at radius 3 is 2.62 bits per heavy atom. The van der Waals surface area contributed by atoms with E-state index in [1.54, 1.807) is 0 Å². The molecule has 2 saturated heterocycles. The van der Waals surface area contributed by atoms with Crippen molar-refractivity contribution in [3.63, 3.8) is 0 Å². The summed E-state index contributed by atoms with van der Waals surface area (Å²) >= 11 is 0. The van der Waals surface area contributed by atoms with Crippen molar-refractivity contribution in [1.29, 1.82) is 0 Å². The van der Waals surface area contributed by atoms with Crippen LogP contribution >= 0.6 is 0 Å². The molecule has 2 unspecified atom stereocenters. The molecule has 21 heavy (non-hydrogen) atoms. The minimum Gasteiger partial charge on any atom is -0.355 e. The number of hydrogen-bond donors (Lipinski definition) is 2. The molecule has 0 spiro atoms. The Hall–Kier alpha value is -1.10. The highest BCUT2D eigenvalue weighted by Crippen LogP contribution is 2.19. The first kappa shape index (κ1) is 16.3. The van der Waals surface area contributed by atoms with Crippen molar-refractivity contribution in [2.24, 2.45) is 11.3 Å². The number of nitrogens with one attached hydrogen (secondary N) is 2. The fourth-order valence-corrected chi connectivity index (χ4v) is 3.05. The van der Waals surface area contributed by atoms with E-state index in [1.807, 2.05) is 25.7 Å². The largest absolute Gasteiger partial charge is 0.355 e. The first-order valence-electron chi connectivity index (χ1n) is 8.18. The third kappa shape index (κ3) is 4.43. The van der Waals surface area contributed by atoms with E-state index in [4.69, 9.17) is 0 Å². The lowest BCUT2D eigenvalue weighted by Crippen LogP contribution is -2.50. The molecule has 2 atom stereocenters. The number of carbonyl (C=O) groups is 2. The number of amides is 2. The summed E-state index contributed by atoms with van der Waals surface area (Å²) in [6, 6.07) is 0.0212. The molecule has 0 radical (unpaired) electrons. The molecule has 0 aromatic rings. The summed E-state index contributed by atoms with van der Waals surface area (Å²) in [6.07, 6.45) is 4.18. The van der Waals surface area contributed by atoms with E-state index >= 15 is 0 Å². The average molecular weight is 295 g/mol. The molecule has 0 bridgehead atoms. The molecule has 5 heteroatoms. The number of carbonyl (C=O) groups excluding carboxylic acids is 2. The van der Waals surface area contributed by atoms with Crippen LogP contribution in [0.15, 0.2) is 0 Å². The first-order valence-corrected chi connectivity index (χ1v) is 8.18. The highest BCUT2D eigenvalue weighted by atomic mass is 16.2. The van der Waals surface area contributed by atoms with Gasteiger partial charge in [0.05, 0.1) is 6.04 Å². The van der Waals surface area contributed by atoms with E-state index in [0.29, 0.717) is 12.5 Å². The van der Waals surface area contributed by atoms with Gasteiger partial charge in [-0.25, -0.2) is 0 Å². The number of piperidine rings is 1. The van der Waals surface area contributed by atoms with Crippen LogP contribution in [0.1, 0.15) is 46.5 Å². The average Bonchev–Trinajstić information content (AvgIpc) is 2.97. The Morgan fingerprint density at radius 2 is 2.00 bits per heavy atom. The lowest BCUT2D eigenvalue weighted by molar-refractivity contribution is -0.134. The standard InChI is InChI=1S/C16H29N3O2/c1-16(2,3)15(21)18-10-12-6-5-9-19(11-12)14(20)13-7-4-8-17-13/h12-13,17H,4-11H2,1-3H3,(H,18,21). The van der Waals surface area contributed by atoms with Crippen LogP contribution in [0.2, 0.25) is 0 Å². The lowest BCUT2D eigenvalue weighted by atomic mass is 9.93. The van der Waals surface area contributed by atoms with Gasteiger partial charge in [0.1, 0.15) is 0 Å². The molecule has 2 N–H and O–H groups in total. The summed E-state index contributed by atoms with van der Waals surface area (Å²) in [7, 11) is 0. The zero-order valence-electron chi connectivity index (χ0n) is 13.6. The molecule has 2 rings (SSSR count). The van der Waals surface area contributed by atoms with Gasteiger partial charge < -0.3 is 15.5 Å². The highest BCUT2D eigenvalue weighted by molar-refractivity contribution is 5.82.